The summed E-state index contributed by atoms with van der Waals surface area (Å²) in [5.41, 5.74) is 2.24. The van der Waals surface area contributed by atoms with E-state index in [-0.39, 0.29) is 6.42 Å². The molecule has 1 fully saturated rings. The van der Waals surface area contributed by atoms with Crippen molar-refractivity contribution in [2.45, 2.75) is 44.9 Å². The minimum absolute atomic E-state index is 0.123. The maximum atomic E-state index is 10.6. The van der Waals surface area contributed by atoms with Gasteiger partial charge in [-0.1, -0.05) is 44.0 Å². The lowest BCUT2D eigenvalue weighted by molar-refractivity contribution is -0.136. The van der Waals surface area contributed by atoms with Gasteiger partial charge in [-0.25, -0.2) is 0 Å². The Bertz CT molecular complexity index is 374. The van der Waals surface area contributed by atoms with Crippen molar-refractivity contribution in [3.63, 3.8) is 0 Å². The molecule has 0 saturated heterocycles. The molecule has 92 valence electrons. The molecule has 1 aliphatic rings. The van der Waals surface area contributed by atoms with E-state index in [2.05, 4.69) is 19.1 Å². The molecule has 1 aliphatic carbocycles. The summed E-state index contributed by atoms with van der Waals surface area (Å²) in [6, 6.07) is 8.10. The molecule has 0 heterocycles. The predicted molar refractivity (Wildman–Crippen MR) is 68.2 cm³/mol. The first-order chi connectivity index (χ1) is 8.16. The highest BCUT2D eigenvalue weighted by molar-refractivity contribution is 5.70. The van der Waals surface area contributed by atoms with Gasteiger partial charge in [-0.2, -0.15) is 0 Å². The van der Waals surface area contributed by atoms with Crippen molar-refractivity contribution in [1.29, 1.82) is 0 Å². The number of aliphatic carboxylic acids is 1. The number of carboxylic acid groups (broad SMARTS) is 1. The average Bonchev–Trinajstić information content (AvgIpc) is 2.82. The molecule has 1 aromatic carbocycles. The van der Waals surface area contributed by atoms with Crippen molar-refractivity contribution in [2.24, 2.45) is 5.92 Å². The van der Waals surface area contributed by atoms with Crippen LogP contribution in [0.15, 0.2) is 24.3 Å². The number of hydrogen-bond acceptors (Lipinski definition) is 1. The number of rotatable bonds is 4. The quantitative estimate of drug-likeness (QED) is 0.861. The van der Waals surface area contributed by atoms with Crippen LogP contribution < -0.4 is 0 Å². The van der Waals surface area contributed by atoms with E-state index in [0.717, 1.165) is 11.5 Å². The Labute approximate surface area is 103 Å². The second kappa shape index (κ2) is 5.35. The second-order valence-corrected chi connectivity index (χ2v) is 5.15. The normalized spacial score (nSPS) is 18.2. The van der Waals surface area contributed by atoms with Crippen LogP contribution in [0.25, 0.3) is 0 Å². The number of benzene rings is 1. The summed E-state index contributed by atoms with van der Waals surface area (Å²) in [5.74, 6) is 0.665. The van der Waals surface area contributed by atoms with Crippen LogP contribution in [0, 0.1) is 5.92 Å². The summed E-state index contributed by atoms with van der Waals surface area (Å²) in [4.78, 5) is 10.6. The molecule has 17 heavy (non-hydrogen) atoms. The van der Waals surface area contributed by atoms with Gasteiger partial charge in [0.1, 0.15) is 0 Å². The Morgan fingerprint density at radius 1 is 1.29 bits per heavy atom. The van der Waals surface area contributed by atoms with Crippen molar-refractivity contribution < 1.29 is 9.90 Å². The van der Waals surface area contributed by atoms with Gasteiger partial charge in [-0.05, 0) is 35.8 Å². The highest BCUT2D eigenvalue weighted by atomic mass is 16.4. The summed E-state index contributed by atoms with van der Waals surface area (Å²) in [6.07, 6.45) is 5.55. The molecule has 1 unspecified atom stereocenters. The molecule has 0 bridgehead atoms. The first-order valence-electron chi connectivity index (χ1n) is 6.47. The highest BCUT2D eigenvalue weighted by Gasteiger charge is 2.22. The molecule has 2 rings (SSSR count). The molecular weight excluding hydrogens is 212 g/mol. The molecule has 0 radical (unpaired) electrons. The Morgan fingerprint density at radius 2 is 1.88 bits per heavy atom. The largest absolute Gasteiger partial charge is 0.481 e. The lowest BCUT2D eigenvalue weighted by atomic mass is 9.86. The molecule has 0 aromatic heterocycles. The monoisotopic (exact) mass is 232 g/mol. The van der Waals surface area contributed by atoms with Crippen LogP contribution in [-0.4, -0.2) is 11.1 Å². The summed E-state index contributed by atoms with van der Waals surface area (Å²) in [5, 5.41) is 8.72. The molecule has 2 nitrogen and oxygen atoms in total. The van der Waals surface area contributed by atoms with Gasteiger partial charge < -0.3 is 5.11 Å². The van der Waals surface area contributed by atoms with Gasteiger partial charge in [0.25, 0.3) is 0 Å². The molecule has 2 heteroatoms. The van der Waals surface area contributed by atoms with Gasteiger partial charge in [0.05, 0.1) is 6.42 Å². The SMILES string of the molecule is CC(c1ccc(CC(=O)O)cc1)C1CCCC1. The molecular formula is C15H20O2. The second-order valence-electron chi connectivity index (χ2n) is 5.15. The molecule has 0 spiro atoms. The van der Waals surface area contributed by atoms with Crippen molar-refractivity contribution in [3.05, 3.63) is 35.4 Å². The highest BCUT2D eigenvalue weighted by Crippen LogP contribution is 2.36. The van der Waals surface area contributed by atoms with Gasteiger partial charge in [0.15, 0.2) is 0 Å². The summed E-state index contributed by atoms with van der Waals surface area (Å²) < 4.78 is 0. The third-order valence-corrected chi connectivity index (χ3v) is 3.97. The van der Waals surface area contributed by atoms with Gasteiger partial charge in [0.2, 0.25) is 0 Å². The van der Waals surface area contributed by atoms with Crippen molar-refractivity contribution in [3.8, 4) is 0 Å². The maximum absolute atomic E-state index is 10.6. The van der Waals surface area contributed by atoms with Gasteiger partial charge in [-0.3, -0.25) is 4.79 Å². The molecule has 1 atom stereocenters. The van der Waals surface area contributed by atoms with Crippen molar-refractivity contribution in [1.82, 2.24) is 0 Å². The fourth-order valence-corrected chi connectivity index (χ4v) is 2.84. The van der Waals surface area contributed by atoms with Gasteiger partial charge in [-0.15, -0.1) is 0 Å². The van der Waals surface area contributed by atoms with E-state index in [4.69, 9.17) is 5.11 Å². The smallest absolute Gasteiger partial charge is 0.307 e. The molecule has 1 aromatic rings. The van der Waals surface area contributed by atoms with Gasteiger partial charge in [0, 0.05) is 0 Å². The van der Waals surface area contributed by atoms with E-state index in [1.807, 2.05) is 12.1 Å². The van der Waals surface area contributed by atoms with Crippen LogP contribution >= 0.6 is 0 Å². The zero-order valence-electron chi connectivity index (χ0n) is 10.4. The topological polar surface area (TPSA) is 37.3 Å². The standard InChI is InChI=1S/C15H20O2/c1-11(13-4-2-3-5-13)14-8-6-12(7-9-14)10-15(16)17/h6-9,11,13H,2-5,10H2,1H3,(H,16,17). The Balaban J connectivity index is 2.03. The first kappa shape index (κ1) is 12.2. The van der Waals surface area contributed by atoms with Crippen molar-refractivity contribution >= 4 is 5.97 Å². The molecule has 1 saturated carbocycles. The average molecular weight is 232 g/mol. The van der Waals surface area contributed by atoms with Crippen LogP contribution in [0.5, 0.6) is 0 Å². The minimum Gasteiger partial charge on any atom is -0.481 e. The van der Waals surface area contributed by atoms with Crippen LogP contribution in [0.3, 0.4) is 0 Å². The van der Waals surface area contributed by atoms with Gasteiger partial charge >= 0.3 is 5.97 Å². The van der Waals surface area contributed by atoms with E-state index >= 15 is 0 Å². The number of carboxylic acids is 1. The minimum atomic E-state index is -0.762. The van der Waals surface area contributed by atoms with Crippen LogP contribution in [-0.2, 0) is 11.2 Å². The Kier molecular flexibility index (Phi) is 3.82. The fraction of sp³-hybridized carbons (Fsp3) is 0.533. The lowest BCUT2D eigenvalue weighted by Crippen LogP contribution is -2.06. The van der Waals surface area contributed by atoms with Crippen LogP contribution in [0.2, 0.25) is 0 Å². The number of hydrogen-bond donors (Lipinski definition) is 1. The molecule has 1 N–H and O–H groups in total. The summed E-state index contributed by atoms with van der Waals surface area (Å²) in [7, 11) is 0. The number of carbonyl (C=O) groups is 1. The summed E-state index contributed by atoms with van der Waals surface area (Å²) in [6.45, 7) is 2.29. The maximum Gasteiger partial charge on any atom is 0.307 e. The first-order valence-corrected chi connectivity index (χ1v) is 6.47. The van der Waals surface area contributed by atoms with E-state index in [9.17, 15) is 4.79 Å². The third kappa shape index (κ3) is 3.09. The lowest BCUT2D eigenvalue weighted by Gasteiger charge is -2.19. The van der Waals surface area contributed by atoms with E-state index in [1.165, 1.54) is 31.2 Å². The zero-order valence-corrected chi connectivity index (χ0v) is 10.4. The van der Waals surface area contributed by atoms with E-state index < -0.39 is 5.97 Å². The summed E-state index contributed by atoms with van der Waals surface area (Å²) >= 11 is 0. The third-order valence-electron chi connectivity index (χ3n) is 3.97. The predicted octanol–water partition coefficient (Wildman–Crippen LogP) is 3.61. The van der Waals surface area contributed by atoms with E-state index in [1.54, 1.807) is 0 Å². The Hall–Kier alpha value is -1.31. The molecule has 0 aliphatic heterocycles. The van der Waals surface area contributed by atoms with Crippen LogP contribution in [0.1, 0.15) is 49.7 Å². The molecule has 0 amide bonds. The van der Waals surface area contributed by atoms with Crippen molar-refractivity contribution in [2.75, 3.05) is 0 Å². The zero-order chi connectivity index (χ0) is 12.3. The Morgan fingerprint density at radius 3 is 2.41 bits per heavy atom. The van der Waals surface area contributed by atoms with Crippen LogP contribution in [0.4, 0.5) is 0 Å². The van der Waals surface area contributed by atoms with E-state index in [0.29, 0.717) is 5.92 Å². The fourth-order valence-electron chi connectivity index (χ4n) is 2.84.